The monoisotopic (exact) mass is 411 g/mol. The molecule has 1 unspecified atom stereocenters. The average Bonchev–Trinajstić information content (AvgIpc) is 3.21. The first-order chi connectivity index (χ1) is 14.5. The lowest BCUT2D eigenvalue weighted by atomic mass is 10.0. The zero-order chi connectivity index (χ0) is 21.1. The molecule has 3 aromatic rings. The van der Waals surface area contributed by atoms with Gasteiger partial charge in [-0.25, -0.2) is 13.8 Å². The number of hydrogen-bond acceptors (Lipinski definition) is 4. The second-order valence-corrected chi connectivity index (χ2v) is 7.52. The van der Waals surface area contributed by atoms with Crippen molar-refractivity contribution in [3.8, 4) is 11.3 Å². The van der Waals surface area contributed by atoms with Crippen molar-refractivity contribution in [1.82, 2.24) is 14.8 Å². The minimum absolute atomic E-state index is 0.00545. The van der Waals surface area contributed by atoms with Gasteiger partial charge in [0.05, 0.1) is 17.8 Å². The van der Waals surface area contributed by atoms with Gasteiger partial charge < -0.3 is 14.2 Å². The van der Waals surface area contributed by atoms with Crippen LogP contribution in [0.25, 0.3) is 11.3 Å². The Labute approximate surface area is 173 Å². The minimum Gasteiger partial charge on any atom is -0.441 e. The van der Waals surface area contributed by atoms with Crippen LogP contribution in [0.2, 0.25) is 0 Å². The first kappa shape index (κ1) is 20.2. The van der Waals surface area contributed by atoms with Gasteiger partial charge >= 0.3 is 0 Å². The van der Waals surface area contributed by atoms with E-state index in [0.717, 1.165) is 24.7 Å². The molecule has 1 aliphatic rings. The van der Waals surface area contributed by atoms with Gasteiger partial charge in [0.1, 0.15) is 11.6 Å². The molecule has 2 aromatic carbocycles. The summed E-state index contributed by atoms with van der Waals surface area (Å²) in [4.78, 5) is 21.3. The number of piperazine rings is 1. The normalized spacial score (nSPS) is 17.3. The maximum Gasteiger partial charge on any atom is 0.223 e. The molecule has 0 radical (unpaired) electrons. The lowest BCUT2D eigenvalue weighted by molar-refractivity contribution is -0.136. The number of rotatable bonds is 5. The van der Waals surface area contributed by atoms with Crippen molar-refractivity contribution in [1.29, 1.82) is 0 Å². The highest BCUT2D eigenvalue weighted by molar-refractivity contribution is 5.77. The molecule has 2 heterocycles. The quantitative estimate of drug-likeness (QED) is 0.635. The van der Waals surface area contributed by atoms with Crippen LogP contribution in [0.5, 0.6) is 0 Å². The molecule has 4 rings (SSSR count). The maximum atomic E-state index is 13.9. The molecule has 1 aromatic heterocycles. The number of likely N-dealkylation sites (N-methyl/N-ethyl adjacent to an activating group) is 1. The van der Waals surface area contributed by atoms with E-state index in [2.05, 4.69) is 16.9 Å². The van der Waals surface area contributed by atoms with Crippen LogP contribution < -0.4 is 0 Å². The number of aromatic nitrogens is 1. The molecule has 7 heteroatoms. The Morgan fingerprint density at radius 1 is 1.17 bits per heavy atom. The van der Waals surface area contributed by atoms with E-state index >= 15 is 0 Å². The molecular weight excluding hydrogens is 388 g/mol. The lowest BCUT2D eigenvalue weighted by Gasteiger charge is -2.40. The number of oxazole rings is 1. The fraction of sp³-hybridized carbons (Fsp3) is 0.304. The van der Waals surface area contributed by atoms with Gasteiger partial charge in [-0.1, -0.05) is 30.3 Å². The lowest BCUT2D eigenvalue weighted by Crippen LogP contribution is -2.49. The summed E-state index contributed by atoms with van der Waals surface area (Å²) >= 11 is 0. The standard InChI is InChI=1S/C23H23F2N3O2/c1-27-11-12-28(20(15-27)16-5-3-2-4-6-16)23(29)10-9-22-26-14-21(30-22)18-8-7-17(24)13-19(18)25/h2-8,13-14,20H,9-12,15H2,1H3. The van der Waals surface area contributed by atoms with Gasteiger partial charge in [-0.05, 0) is 24.7 Å². The van der Waals surface area contributed by atoms with Gasteiger partial charge in [0.2, 0.25) is 5.91 Å². The van der Waals surface area contributed by atoms with Crippen molar-refractivity contribution in [2.24, 2.45) is 0 Å². The number of carbonyl (C=O) groups is 1. The topological polar surface area (TPSA) is 49.6 Å². The number of aryl methyl sites for hydroxylation is 1. The third kappa shape index (κ3) is 4.41. The van der Waals surface area contributed by atoms with Gasteiger partial charge in [0, 0.05) is 38.5 Å². The molecule has 0 aliphatic carbocycles. The molecule has 1 fully saturated rings. The Morgan fingerprint density at radius 3 is 2.73 bits per heavy atom. The van der Waals surface area contributed by atoms with E-state index in [1.165, 1.54) is 18.3 Å². The molecule has 0 N–H and O–H groups in total. The molecule has 1 aliphatic heterocycles. The predicted octanol–water partition coefficient (Wildman–Crippen LogP) is 4.07. The number of benzene rings is 2. The fourth-order valence-electron chi connectivity index (χ4n) is 3.78. The third-order valence-corrected chi connectivity index (χ3v) is 5.39. The van der Waals surface area contributed by atoms with Crippen LogP contribution in [0.15, 0.2) is 59.1 Å². The predicted molar refractivity (Wildman–Crippen MR) is 109 cm³/mol. The van der Waals surface area contributed by atoms with Crippen LogP contribution in [-0.2, 0) is 11.2 Å². The molecule has 1 saturated heterocycles. The summed E-state index contributed by atoms with van der Waals surface area (Å²) < 4.78 is 32.7. The highest BCUT2D eigenvalue weighted by Crippen LogP contribution is 2.27. The van der Waals surface area contributed by atoms with Crippen LogP contribution in [0.4, 0.5) is 8.78 Å². The largest absolute Gasteiger partial charge is 0.441 e. The van der Waals surface area contributed by atoms with Crippen molar-refractivity contribution >= 4 is 5.91 Å². The second kappa shape index (κ2) is 8.75. The molecule has 0 saturated carbocycles. The van der Waals surface area contributed by atoms with E-state index in [9.17, 15) is 13.6 Å². The molecule has 1 atom stereocenters. The summed E-state index contributed by atoms with van der Waals surface area (Å²) in [7, 11) is 2.06. The summed E-state index contributed by atoms with van der Waals surface area (Å²) in [5, 5.41) is 0. The molecule has 156 valence electrons. The minimum atomic E-state index is -0.711. The Balaban J connectivity index is 1.43. The van der Waals surface area contributed by atoms with Crippen molar-refractivity contribution in [3.63, 3.8) is 0 Å². The van der Waals surface area contributed by atoms with Crippen molar-refractivity contribution in [3.05, 3.63) is 77.8 Å². The molecule has 1 amide bonds. The van der Waals surface area contributed by atoms with E-state index < -0.39 is 11.6 Å². The third-order valence-electron chi connectivity index (χ3n) is 5.39. The van der Waals surface area contributed by atoms with Gasteiger partial charge in [0.15, 0.2) is 11.7 Å². The smallest absolute Gasteiger partial charge is 0.223 e. The zero-order valence-corrected chi connectivity index (χ0v) is 16.7. The van der Waals surface area contributed by atoms with Crippen molar-refractivity contribution < 1.29 is 18.0 Å². The summed E-state index contributed by atoms with van der Waals surface area (Å²) in [5.41, 5.74) is 1.26. The van der Waals surface area contributed by atoms with Crippen LogP contribution in [0.1, 0.15) is 23.9 Å². The number of halogens is 2. The summed E-state index contributed by atoms with van der Waals surface area (Å²) in [6.45, 7) is 2.26. The highest BCUT2D eigenvalue weighted by atomic mass is 19.1. The number of carbonyl (C=O) groups excluding carboxylic acids is 1. The maximum absolute atomic E-state index is 13.9. The van der Waals surface area contributed by atoms with E-state index in [1.54, 1.807) is 0 Å². The first-order valence-electron chi connectivity index (χ1n) is 9.94. The van der Waals surface area contributed by atoms with Crippen LogP contribution in [0.3, 0.4) is 0 Å². The summed E-state index contributed by atoms with van der Waals surface area (Å²) in [6.07, 6.45) is 1.97. The molecule has 30 heavy (non-hydrogen) atoms. The SMILES string of the molecule is CN1CCN(C(=O)CCc2ncc(-c3ccc(F)cc3F)o2)C(c2ccccc2)C1. The number of amides is 1. The van der Waals surface area contributed by atoms with Crippen LogP contribution >= 0.6 is 0 Å². The Kier molecular flexibility index (Phi) is 5.90. The number of nitrogens with zero attached hydrogens (tertiary/aromatic N) is 3. The van der Waals surface area contributed by atoms with Crippen molar-refractivity contribution in [2.75, 3.05) is 26.7 Å². The Hall–Kier alpha value is -3.06. The second-order valence-electron chi connectivity index (χ2n) is 7.52. The fourth-order valence-corrected chi connectivity index (χ4v) is 3.78. The summed E-state index contributed by atoms with van der Waals surface area (Å²) in [5.74, 6) is -0.757. The summed E-state index contributed by atoms with van der Waals surface area (Å²) in [6, 6.07) is 13.3. The first-order valence-corrected chi connectivity index (χ1v) is 9.94. The number of hydrogen-bond donors (Lipinski definition) is 0. The molecule has 0 spiro atoms. The van der Waals surface area contributed by atoms with Gasteiger partial charge in [0.25, 0.3) is 0 Å². The van der Waals surface area contributed by atoms with E-state index in [1.807, 2.05) is 35.2 Å². The Bertz CT molecular complexity index is 1020. The van der Waals surface area contributed by atoms with Crippen LogP contribution in [0, 0.1) is 11.6 Å². The van der Waals surface area contributed by atoms with Gasteiger partial charge in [-0.15, -0.1) is 0 Å². The van der Waals surface area contributed by atoms with Gasteiger partial charge in [-0.3, -0.25) is 4.79 Å². The Morgan fingerprint density at radius 2 is 1.97 bits per heavy atom. The van der Waals surface area contributed by atoms with E-state index in [-0.39, 0.29) is 29.7 Å². The van der Waals surface area contributed by atoms with Crippen molar-refractivity contribution in [2.45, 2.75) is 18.9 Å². The molecule has 0 bridgehead atoms. The van der Waals surface area contributed by atoms with E-state index in [0.29, 0.717) is 18.9 Å². The van der Waals surface area contributed by atoms with E-state index in [4.69, 9.17) is 4.42 Å². The van der Waals surface area contributed by atoms with Gasteiger partial charge in [-0.2, -0.15) is 0 Å². The van der Waals surface area contributed by atoms with Crippen LogP contribution in [-0.4, -0.2) is 47.4 Å². The highest BCUT2D eigenvalue weighted by Gasteiger charge is 2.30. The average molecular weight is 411 g/mol. The molecule has 5 nitrogen and oxygen atoms in total. The molecular formula is C23H23F2N3O2. The zero-order valence-electron chi connectivity index (χ0n) is 16.7.